The lowest BCUT2D eigenvalue weighted by Crippen LogP contribution is -2.61. The van der Waals surface area contributed by atoms with Crippen LogP contribution in [0.4, 0.5) is 0 Å². The number of aliphatic hydroxyl groups is 7. The van der Waals surface area contributed by atoms with Crippen molar-refractivity contribution in [1.82, 2.24) is 5.32 Å². The standard InChI is InChI=1S/C27H53NO10.ClH/c29-17-19-26(22(32)20(31)16-28-19)36-14-12-10-8-6-4-2-1-3-5-7-9-11-13-15-37-27-25(35)24(34)23(33)21(18-30)38-27;/h19-35H,1-18H2;1H/t19-,20+,21-,22-,23-,24+,25-,26-,27+;/m1./s1. The van der Waals surface area contributed by atoms with Gasteiger partial charge in [-0.05, 0) is 12.8 Å². The fourth-order valence-corrected chi connectivity index (χ4v) is 5.12. The number of unbranched alkanes of at least 4 members (excludes halogenated alkanes) is 12. The van der Waals surface area contributed by atoms with Gasteiger partial charge in [0.2, 0.25) is 0 Å². The van der Waals surface area contributed by atoms with E-state index in [0.717, 1.165) is 38.5 Å². The first-order valence-electron chi connectivity index (χ1n) is 14.6. The lowest BCUT2D eigenvalue weighted by molar-refractivity contribution is -0.301. The smallest absolute Gasteiger partial charge is 0.186 e. The Morgan fingerprint density at radius 2 is 1.08 bits per heavy atom. The van der Waals surface area contributed by atoms with Crippen LogP contribution in [-0.2, 0) is 14.2 Å². The third-order valence-electron chi connectivity index (χ3n) is 7.64. The van der Waals surface area contributed by atoms with E-state index in [2.05, 4.69) is 5.32 Å². The number of hydrogen-bond acceptors (Lipinski definition) is 11. The molecule has 0 bridgehead atoms. The first-order valence-corrected chi connectivity index (χ1v) is 14.6. The number of β-amino-alcohol motifs (C(OH)–C–C–N with tert-alkyl or cyclic N) is 1. The van der Waals surface area contributed by atoms with Gasteiger partial charge in [0.1, 0.15) is 36.6 Å². The van der Waals surface area contributed by atoms with Crippen LogP contribution in [0.1, 0.15) is 83.5 Å². The predicted molar refractivity (Wildman–Crippen MR) is 148 cm³/mol. The summed E-state index contributed by atoms with van der Waals surface area (Å²) in [5.74, 6) is 0. The van der Waals surface area contributed by atoms with Crippen molar-refractivity contribution in [1.29, 1.82) is 0 Å². The molecule has 0 radical (unpaired) electrons. The SMILES string of the molecule is Cl.OC[C@H]1NC[C@H](O)[C@@H](O)[C@@H]1OCCCCCCCCCCCCCCCO[C@H]1O[C@H](CO)[C@@H](O)[C@H](O)[C@H]1O. The van der Waals surface area contributed by atoms with Crippen LogP contribution < -0.4 is 5.32 Å². The van der Waals surface area contributed by atoms with E-state index >= 15 is 0 Å². The van der Waals surface area contributed by atoms with Gasteiger partial charge in [0, 0.05) is 19.8 Å². The van der Waals surface area contributed by atoms with E-state index in [9.17, 15) is 35.7 Å². The quantitative estimate of drug-likeness (QED) is 0.0921. The van der Waals surface area contributed by atoms with Crippen molar-refractivity contribution in [2.24, 2.45) is 0 Å². The number of halogens is 1. The number of ether oxygens (including phenoxy) is 3. The molecule has 0 spiro atoms. The topological polar surface area (TPSA) is 181 Å². The summed E-state index contributed by atoms with van der Waals surface area (Å²) < 4.78 is 16.6. The monoisotopic (exact) mass is 587 g/mol. The fraction of sp³-hybridized carbons (Fsp3) is 1.00. The molecule has 12 heteroatoms. The molecule has 2 fully saturated rings. The molecule has 2 aliphatic heterocycles. The van der Waals surface area contributed by atoms with Gasteiger partial charge in [0.15, 0.2) is 6.29 Å². The van der Waals surface area contributed by atoms with Crippen LogP contribution in [-0.4, -0.2) is 124 Å². The fourth-order valence-electron chi connectivity index (χ4n) is 5.12. The van der Waals surface area contributed by atoms with Gasteiger partial charge in [-0.25, -0.2) is 0 Å². The maximum absolute atomic E-state index is 10.1. The maximum Gasteiger partial charge on any atom is 0.186 e. The van der Waals surface area contributed by atoms with Crippen molar-refractivity contribution >= 4 is 12.4 Å². The van der Waals surface area contributed by atoms with Crippen LogP contribution in [0.3, 0.4) is 0 Å². The minimum atomic E-state index is -1.40. The summed E-state index contributed by atoms with van der Waals surface area (Å²) >= 11 is 0. The van der Waals surface area contributed by atoms with E-state index in [1.165, 1.54) is 44.9 Å². The molecule has 0 aliphatic carbocycles. The third kappa shape index (κ3) is 13.1. The first-order chi connectivity index (χ1) is 18.4. The van der Waals surface area contributed by atoms with Gasteiger partial charge in [0.25, 0.3) is 0 Å². The molecule has 234 valence electrons. The van der Waals surface area contributed by atoms with Gasteiger partial charge >= 0.3 is 0 Å². The molecule has 8 N–H and O–H groups in total. The highest BCUT2D eigenvalue weighted by atomic mass is 35.5. The second-order valence-electron chi connectivity index (χ2n) is 10.8. The van der Waals surface area contributed by atoms with Crippen LogP contribution >= 0.6 is 12.4 Å². The van der Waals surface area contributed by atoms with E-state index in [1.807, 2.05) is 0 Å². The number of aliphatic hydroxyl groups excluding tert-OH is 7. The van der Waals surface area contributed by atoms with E-state index < -0.39 is 55.6 Å². The molecule has 0 aromatic rings. The summed E-state index contributed by atoms with van der Waals surface area (Å²) in [5, 5.41) is 71.0. The van der Waals surface area contributed by atoms with Gasteiger partial charge in [-0.1, -0.05) is 70.6 Å². The summed E-state index contributed by atoms with van der Waals surface area (Å²) in [6, 6.07) is -0.340. The second kappa shape index (κ2) is 21.5. The normalized spacial score (nSPS) is 33.2. The Kier molecular flexibility index (Phi) is 20.4. The summed E-state index contributed by atoms with van der Waals surface area (Å²) in [7, 11) is 0. The zero-order valence-corrected chi connectivity index (χ0v) is 24.0. The molecule has 9 atom stereocenters. The molecule has 0 amide bonds. The first kappa shape index (κ1) is 36.9. The lowest BCUT2D eigenvalue weighted by atomic mass is 9.96. The highest BCUT2D eigenvalue weighted by molar-refractivity contribution is 5.85. The van der Waals surface area contributed by atoms with Crippen molar-refractivity contribution < 1.29 is 50.0 Å². The van der Waals surface area contributed by atoms with Crippen LogP contribution in [0.15, 0.2) is 0 Å². The molecular formula is C27H54ClNO10. The van der Waals surface area contributed by atoms with Crippen molar-refractivity contribution in [2.45, 2.75) is 139 Å². The number of hydrogen-bond donors (Lipinski definition) is 8. The Labute approximate surface area is 239 Å². The summed E-state index contributed by atoms with van der Waals surface area (Å²) in [4.78, 5) is 0. The van der Waals surface area contributed by atoms with Gasteiger partial charge in [0.05, 0.1) is 25.4 Å². The summed E-state index contributed by atoms with van der Waals surface area (Å²) in [6.45, 7) is 0.593. The van der Waals surface area contributed by atoms with Gasteiger partial charge in [-0.2, -0.15) is 0 Å². The molecule has 2 rings (SSSR count). The highest BCUT2D eigenvalue weighted by Crippen LogP contribution is 2.22. The lowest BCUT2D eigenvalue weighted by Gasteiger charge is -2.39. The van der Waals surface area contributed by atoms with E-state index in [0.29, 0.717) is 13.2 Å². The summed E-state index contributed by atoms with van der Waals surface area (Å²) in [6.07, 6.45) is 6.20. The number of piperidine rings is 1. The van der Waals surface area contributed by atoms with Crippen molar-refractivity contribution in [3.05, 3.63) is 0 Å². The molecule has 11 nitrogen and oxygen atoms in total. The zero-order chi connectivity index (χ0) is 27.8. The molecule has 39 heavy (non-hydrogen) atoms. The Balaban J connectivity index is 0.00000760. The van der Waals surface area contributed by atoms with Gasteiger partial charge < -0.3 is 55.3 Å². The molecule has 0 saturated carbocycles. The van der Waals surface area contributed by atoms with E-state index in [-0.39, 0.29) is 31.6 Å². The second-order valence-corrected chi connectivity index (χ2v) is 10.8. The molecule has 2 saturated heterocycles. The maximum atomic E-state index is 10.1. The van der Waals surface area contributed by atoms with Crippen molar-refractivity contribution in [3.63, 3.8) is 0 Å². The Morgan fingerprint density at radius 3 is 1.56 bits per heavy atom. The minimum Gasteiger partial charge on any atom is -0.395 e. The Hall–Kier alpha value is -0.150. The van der Waals surface area contributed by atoms with Crippen molar-refractivity contribution in [2.75, 3.05) is 33.0 Å². The van der Waals surface area contributed by atoms with Crippen LogP contribution in [0, 0.1) is 0 Å². The van der Waals surface area contributed by atoms with Crippen LogP contribution in [0.2, 0.25) is 0 Å². The Morgan fingerprint density at radius 1 is 0.590 bits per heavy atom. The van der Waals surface area contributed by atoms with Crippen LogP contribution in [0.25, 0.3) is 0 Å². The van der Waals surface area contributed by atoms with Crippen LogP contribution in [0.5, 0.6) is 0 Å². The number of nitrogens with one attached hydrogen (secondary N) is 1. The molecule has 2 heterocycles. The van der Waals surface area contributed by atoms with Gasteiger partial charge in [-0.15, -0.1) is 12.4 Å². The largest absolute Gasteiger partial charge is 0.395 e. The summed E-state index contributed by atoms with van der Waals surface area (Å²) in [5.41, 5.74) is 0. The zero-order valence-electron chi connectivity index (χ0n) is 23.2. The average Bonchev–Trinajstić information content (AvgIpc) is 2.92. The average molecular weight is 588 g/mol. The molecular weight excluding hydrogens is 534 g/mol. The third-order valence-corrected chi connectivity index (χ3v) is 7.64. The minimum absolute atomic E-state index is 0. The van der Waals surface area contributed by atoms with Crippen molar-refractivity contribution in [3.8, 4) is 0 Å². The molecule has 0 unspecified atom stereocenters. The van der Waals surface area contributed by atoms with Gasteiger partial charge in [-0.3, -0.25) is 0 Å². The number of rotatable bonds is 20. The molecule has 0 aromatic carbocycles. The molecule has 0 aromatic heterocycles. The van der Waals surface area contributed by atoms with E-state index in [1.54, 1.807) is 0 Å². The van der Waals surface area contributed by atoms with E-state index in [4.69, 9.17) is 14.2 Å². The molecule has 2 aliphatic rings. The Bertz CT molecular complexity index is 591. The highest BCUT2D eigenvalue weighted by Gasteiger charge is 2.44. The predicted octanol–water partition coefficient (Wildman–Crippen LogP) is 0.367.